The Balaban J connectivity index is 2.11. The first-order valence-corrected chi connectivity index (χ1v) is 6.91. The minimum absolute atomic E-state index is 0.0156. The number of benzene rings is 1. The van der Waals surface area contributed by atoms with Crippen molar-refractivity contribution in [1.29, 1.82) is 0 Å². The van der Waals surface area contributed by atoms with Gasteiger partial charge in [0.05, 0.1) is 6.54 Å². The van der Waals surface area contributed by atoms with Gasteiger partial charge in [-0.05, 0) is 18.6 Å². The van der Waals surface area contributed by atoms with Gasteiger partial charge in [-0.2, -0.15) is 0 Å². The van der Waals surface area contributed by atoms with Gasteiger partial charge in [0.2, 0.25) is 5.91 Å². The van der Waals surface area contributed by atoms with Crippen LogP contribution in [0.25, 0.3) is 0 Å². The number of ether oxygens (including phenoxy) is 1. The number of urea groups is 1. The van der Waals surface area contributed by atoms with Gasteiger partial charge >= 0.3 is 6.03 Å². The summed E-state index contributed by atoms with van der Waals surface area (Å²) in [7, 11) is 3.37. The van der Waals surface area contributed by atoms with Crippen LogP contribution in [0.5, 0.6) is 5.75 Å². The molecule has 2 N–H and O–H groups in total. The quantitative estimate of drug-likeness (QED) is 0.741. The summed E-state index contributed by atoms with van der Waals surface area (Å²) in [4.78, 5) is 24.3. The standard InChI is InChI=1S/C15H23N3O3/c1-12-6-4-5-7-13(12)21-11-10-17-15(20)16-9-8-14(19)18(2)3/h4-7H,8-11H2,1-3H3,(H2,16,17,20). The van der Waals surface area contributed by atoms with Crippen molar-refractivity contribution in [2.24, 2.45) is 0 Å². The van der Waals surface area contributed by atoms with Gasteiger partial charge in [-0.25, -0.2) is 4.79 Å². The van der Waals surface area contributed by atoms with Gasteiger partial charge in [0.25, 0.3) is 0 Å². The Morgan fingerprint density at radius 1 is 1.14 bits per heavy atom. The van der Waals surface area contributed by atoms with Gasteiger partial charge < -0.3 is 20.3 Å². The molecule has 0 fully saturated rings. The number of amides is 3. The molecule has 0 bridgehead atoms. The normalized spacial score (nSPS) is 9.86. The molecular weight excluding hydrogens is 270 g/mol. The Morgan fingerprint density at radius 3 is 2.48 bits per heavy atom. The van der Waals surface area contributed by atoms with Crippen LogP contribution in [0.4, 0.5) is 4.79 Å². The van der Waals surface area contributed by atoms with E-state index in [0.29, 0.717) is 26.1 Å². The second-order valence-corrected chi connectivity index (χ2v) is 4.83. The minimum atomic E-state index is -0.296. The molecule has 116 valence electrons. The molecule has 0 radical (unpaired) electrons. The van der Waals surface area contributed by atoms with Crippen molar-refractivity contribution >= 4 is 11.9 Å². The van der Waals surface area contributed by atoms with E-state index in [9.17, 15) is 9.59 Å². The molecule has 0 unspecified atom stereocenters. The van der Waals surface area contributed by atoms with Gasteiger partial charge in [0, 0.05) is 27.1 Å². The highest BCUT2D eigenvalue weighted by Crippen LogP contribution is 2.15. The van der Waals surface area contributed by atoms with Crippen LogP contribution in [0.15, 0.2) is 24.3 Å². The maximum atomic E-state index is 11.5. The van der Waals surface area contributed by atoms with E-state index in [1.54, 1.807) is 14.1 Å². The highest BCUT2D eigenvalue weighted by molar-refractivity contribution is 5.77. The zero-order valence-corrected chi connectivity index (χ0v) is 12.8. The first-order chi connectivity index (χ1) is 10.0. The second kappa shape index (κ2) is 8.84. The lowest BCUT2D eigenvalue weighted by atomic mass is 10.2. The van der Waals surface area contributed by atoms with Crippen LogP contribution in [-0.4, -0.2) is 50.6 Å². The summed E-state index contributed by atoms with van der Waals surface area (Å²) in [5.74, 6) is 0.800. The second-order valence-electron chi connectivity index (χ2n) is 4.83. The SMILES string of the molecule is Cc1ccccc1OCCNC(=O)NCCC(=O)N(C)C. The Bertz CT molecular complexity index is 475. The third-order valence-corrected chi connectivity index (χ3v) is 2.86. The predicted octanol–water partition coefficient (Wildman–Crippen LogP) is 1.15. The third kappa shape index (κ3) is 6.65. The molecule has 0 atom stereocenters. The fourth-order valence-electron chi connectivity index (χ4n) is 1.61. The highest BCUT2D eigenvalue weighted by atomic mass is 16.5. The van der Waals surface area contributed by atoms with Crippen LogP contribution in [0, 0.1) is 6.92 Å². The number of carbonyl (C=O) groups is 2. The van der Waals surface area contributed by atoms with Crippen molar-refractivity contribution in [2.45, 2.75) is 13.3 Å². The van der Waals surface area contributed by atoms with E-state index in [4.69, 9.17) is 4.74 Å². The van der Waals surface area contributed by atoms with Crippen molar-refractivity contribution in [3.05, 3.63) is 29.8 Å². The first kappa shape index (κ1) is 16.8. The molecule has 0 spiro atoms. The minimum Gasteiger partial charge on any atom is -0.491 e. The molecule has 0 aliphatic rings. The molecule has 0 aliphatic heterocycles. The van der Waals surface area contributed by atoms with Crippen LogP contribution in [0.1, 0.15) is 12.0 Å². The zero-order valence-electron chi connectivity index (χ0n) is 12.8. The zero-order chi connectivity index (χ0) is 15.7. The molecule has 1 aromatic rings. The summed E-state index contributed by atoms with van der Waals surface area (Å²) in [5.41, 5.74) is 1.06. The van der Waals surface area contributed by atoms with E-state index in [1.807, 2.05) is 31.2 Å². The summed E-state index contributed by atoms with van der Waals surface area (Å²) >= 11 is 0. The fraction of sp³-hybridized carbons (Fsp3) is 0.467. The Kier molecular flexibility index (Phi) is 7.08. The van der Waals surface area contributed by atoms with E-state index in [1.165, 1.54) is 4.90 Å². The van der Waals surface area contributed by atoms with Crippen LogP contribution in [0.2, 0.25) is 0 Å². The summed E-state index contributed by atoms with van der Waals surface area (Å²) < 4.78 is 5.56. The molecule has 0 heterocycles. The number of para-hydroxylation sites is 1. The van der Waals surface area contributed by atoms with E-state index in [2.05, 4.69) is 10.6 Å². The van der Waals surface area contributed by atoms with Gasteiger partial charge in [-0.1, -0.05) is 18.2 Å². The van der Waals surface area contributed by atoms with Crippen molar-refractivity contribution in [3.8, 4) is 5.75 Å². The average Bonchev–Trinajstić information content (AvgIpc) is 2.45. The number of nitrogens with one attached hydrogen (secondary N) is 2. The van der Waals surface area contributed by atoms with Gasteiger partial charge in [0.1, 0.15) is 12.4 Å². The largest absolute Gasteiger partial charge is 0.491 e. The molecule has 0 saturated carbocycles. The van der Waals surface area contributed by atoms with Crippen LogP contribution < -0.4 is 15.4 Å². The van der Waals surface area contributed by atoms with E-state index in [-0.39, 0.29) is 11.9 Å². The maximum Gasteiger partial charge on any atom is 0.314 e. The number of nitrogens with zero attached hydrogens (tertiary/aromatic N) is 1. The summed E-state index contributed by atoms with van der Waals surface area (Å²) in [6.45, 7) is 3.09. The molecule has 0 aliphatic carbocycles. The summed E-state index contributed by atoms with van der Waals surface area (Å²) in [6.07, 6.45) is 0.292. The van der Waals surface area contributed by atoms with Crippen molar-refractivity contribution in [3.63, 3.8) is 0 Å². The molecule has 1 rings (SSSR count). The lowest BCUT2D eigenvalue weighted by Crippen LogP contribution is -2.39. The molecule has 6 nitrogen and oxygen atoms in total. The monoisotopic (exact) mass is 293 g/mol. The van der Waals surface area contributed by atoms with Crippen molar-refractivity contribution in [2.75, 3.05) is 33.8 Å². The van der Waals surface area contributed by atoms with Crippen molar-refractivity contribution in [1.82, 2.24) is 15.5 Å². The van der Waals surface area contributed by atoms with Gasteiger partial charge in [0.15, 0.2) is 0 Å². The molecule has 3 amide bonds. The number of hydrogen-bond acceptors (Lipinski definition) is 3. The lowest BCUT2D eigenvalue weighted by Gasteiger charge is -2.12. The number of hydrogen-bond donors (Lipinski definition) is 2. The Hall–Kier alpha value is -2.24. The number of rotatable bonds is 7. The first-order valence-electron chi connectivity index (χ1n) is 6.91. The van der Waals surface area contributed by atoms with Gasteiger partial charge in [-0.3, -0.25) is 4.79 Å². The lowest BCUT2D eigenvalue weighted by molar-refractivity contribution is -0.128. The summed E-state index contributed by atoms with van der Waals surface area (Å²) in [6, 6.07) is 7.42. The van der Waals surface area contributed by atoms with Crippen LogP contribution in [-0.2, 0) is 4.79 Å². The number of aryl methyl sites for hydroxylation is 1. The molecule has 0 aromatic heterocycles. The van der Waals surface area contributed by atoms with Crippen LogP contribution in [0.3, 0.4) is 0 Å². The van der Waals surface area contributed by atoms with Crippen molar-refractivity contribution < 1.29 is 14.3 Å². The molecule has 6 heteroatoms. The summed E-state index contributed by atoms with van der Waals surface area (Å²) in [5, 5.41) is 5.30. The van der Waals surface area contributed by atoms with E-state index < -0.39 is 0 Å². The van der Waals surface area contributed by atoms with Gasteiger partial charge in [-0.15, -0.1) is 0 Å². The fourth-order valence-corrected chi connectivity index (χ4v) is 1.61. The van der Waals surface area contributed by atoms with Crippen LogP contribution >= 0.6 is 0 Å². The number of carbonyl (C=O) groups excluding carboxylic acids is 2. The Morgan fingerprint density at radius 2 is 1.81 bits per heavy atom. The topological polar surface area (TPSA) is 70.7 Å². The smallest absolute Gasteiger partial charge is 0.314 e. The molecule has 0 saturated heterocycles. The molecule has 21 heavy (non-hydrogen) atoms. The van der Waals surface area contributed by atoms with E-state index >= 15 is 0 Å². The molecule has 1 aromatic carbocycles. The van der Waals surface area contributed by atoms with E-state index in [0.717, 1.165) is 11.3 Å². The predicted molar refractivity (Wildman–Crippen MR) is 81.4 cm³/mol. The average molecular weight is 293 g/mol. The highest BCUT2D eigenvalue weighted by Gasteiger charge is 2.05. The Labute approximate surface area is 125 Å². The molecular formula is C15H23N3O3. The maximum absolute atomic E-state index is 11.5. The third-order valence-electron chi connectivity index (χ3n) is 2.86.